The van der Waals surface area contributed by atoms with Crippen LogP contribution in [0, 0.1) is 0 Å². The summed E-state index contributed by atoms with van der Waals surface area (Å²) in [5.41, 5.74) is 2.43. The number of halogens is 1. The molecule has 4 aromatic rings. The molecule has 2 N–H and O–H groups in total. The van der Waals surface area contributed by atoms with Crippen LogP contribution in [-0.2, 0) is 16.6 Å². The normalized spacial score (nSPS) is 14.8. The molecule has 0 atom stereocenters. The smallest absolute Gasteiger partial charge is 0.392 e. The number of H-pyrrole nitrogens is 1. The first kappa shape index (κ1) is 24.1. The summed E-state index contributed by atoms with van der Waals surface area (Å²) in [5.74, 6) is 0. The molecule has 1 saturated heterocycles. The molecule has 1 aliphatic rings. The van der Waals surface area contributed by atoms with E-state index in [0.717, 1.165) is 11.1 Å². The summed E-state index contributed by atoms with van der Waals surface area (Å²) in [5, 5.41) is 10.8. The first-order chi connectivity index (χ1) is 17.4. The first-order valence-corrected chi connectivity index (χ1v) is 12.8. The van der Waals surface area contributed by atoms with Gasteiger partial charge in [0, 0.05) is 78.0 Å². The molecule has 186 valence electrons. The van der Waals surface area contributed by atoms with Gasteiger partial charge in [-0.2, -0.15) is 4.31 Å². The highest BCUT2D eigenvalue weighted by molar-refractivity contribution is 7.89. The van der Waals surface area contributed by atoms with Crippen molar-refractivity contribution < 1.29 is 23.1 Å². The largest absolute Gasteiger partial charge is 0.417 e. The second kappa shape index (κ2) is 9.82. The third-order valence-corrected chi connectivity index (χ3v) is 8.05. The lowest BCUT2D eigenvalue weighted by molar-refractivity contribution is 0.129. The van der Waals surface area contributed by atoms with Crippen LogP contribution < -0.4 is 4.74 Å². The van der Waals surface area contributed by atoms with Crippen LogP contribution in [0.25, 0.3) is 22.0 Å². The topological polar surface area (TPSA) is 142 Å². The summed E-state index contributed by atoms with van der Waals surface area (Å²) in [6, 6.07) is 8.43. The molecule has 0 saturated carbocycles. The van der Waals surface area contributed by atoms with E-state index in [4.69, 9.17) is 16.3 Å². The lowest BCUT2D eigenvalue weighted by Crippen LogP contribution is -2.51. The van der Waals surface area contributed by atoms with Crippen LogP contribution in [0.2, 0.25) is 5.02 Å². The van der Waals surface area contributed by atoms with E-state index < -0.39 is 22.7 Å². The fourth-order valence-electron chi connectivity index (χ4n) is 4.02. The molecule has 1 amide bonds. The molecule has 1 aromatic carbocycles. The van der Waals surface area contributed by atoms with E-state index in [9.17, 15) is 18.3 Å². The molecular weight excluding hydrogens is 508 g/mol. The zero-order valence-electron chi connectivity index (χ0n) is 18.8. The van der Waals surface area contributed by atoms with E-state index in [1.54, 1.807) is 43.0 Å². The van der Waals surface area contributed by atoms with Gasteiger partial charge in [0.1, 0.15) is 0 Å². The Balaban J connectivity index is 1.24. The molecule has 0 unspecified atom stereocenters. The Morgan fingerprint density at radius 1 is 1.06 bits per heavy atom. The minimum Gasteiger partial charge on any atom is -0.392 e. The number of pyridine rings is 1. The number of amides is 1. The first-order valence-electron chi connectivity index (χ1n) is 11.0. The number of carbonyl (C=O) groups is 1. The molecule has 11 nitrogen and oxygen atoms in total. The van der Waals surface area contributed by atoms with E-state index in [0.29, 0.717) is 15.9 Å². The fraction of sp³-hybridized carbons (Fsp3) is 0.217. The average molecular weight is 529 g/mol. The molecule has 36 heavy (non-hydrogen) atoms. The number of nitrogens with one attached hydrogen (secondary N) is 1. The summed E-state index contributed by atoms with van der Waals surface area (Å²) in [6.45, 7) is -0.122. The molecule has 1 fully saturated rings. The van der Waals surface area contributed by atoms with Crippen LogP contribution in [0.15, 0.2) is 60.1 Å². The zero-order chi connectivity index (χ0) is 25.3. The predicted octanol–water partition coefficient (Wildman–Crippen LogP) is 2.67. The number of hydrogen-bond donors (Lipinski definition) is 2. The van der Waals surface area contributed by atoms with Crippen molar-refractivity contribution in [1.29, 1.82) is 0 Å². The Labute approximate surface area is 211 Å². The Hall–Kier alpha value is -3.58. The number of hydrogen-bond acceptors (Lipinski definition) is 8. The molecular formula is C23H21ClN6O5S. The fourth-order valence-corrected chi connectivity index (χ4v) is 5.82. The van der Waals surface area contributed by atoms with Gasteiger partial charge in [0.25, 0.3) is 10.0 Å². The Bertz CT molecular complexity index is 1500. The number of aromatic nitrogens is 4. The van der Waals surface area contributed by atoms with Gasteiger partial charge in [-0.05, 0) is 35.9 Å². The summed E-state index contributed by atoms with van der Waals surface area (Å²) in [7, 11) is -3.95. The van der Waals surface area contributed by atoms with Crippen LogP contribution in [0.4, 0.5) is 4.79 Å². The van der Waals surface area contributed by atoms with Crippen molar-refractivity contribution >= 4 is 38.6 Å². The van der Waals surface area contributed by atoms with Crippen LogP contribution >= 0.6 is 11.6 Å². The number of aliphatic hydroxyl groups is 1. The monoisotopic (exact) mass is 528 g/mol. The number of fused-ring (bicyclic) bond motifs is 1. The molecule has 0 bridgehead atoms. The maximum Gasteiger partial charge on any atom is 0.417 e. The standard InChI is InChI=1S/C23H21ClN6O5S/c24-17-1-2-20-18(11-17)19(14-31)21(28-20)36(33,34)30-9-7-29(8-10-30)23(32)35-22-26-12-16(13-27-22)15-3-5-25-6-4-15/h1-6,11-13,28,31H,7-10,14H2. The number of benzene rings is 1. The molecule has 1 aliphatic heterocycles. The van der Waals surface area contributed by atoms with Crippen LogP contribution in [0.5, 0.6) is 6.01 Å². The predicted molar refractivity (Wildman–Crippen MR) is 131 cm³/mol. The summed E-state index contributed by atoms with van der Waals surface area (Å²) in [6.07, 6.45) is 5.73. The summed E-state index contributed by atoms with van der Waals surface area (Å²) in [4.78, 5) is 29.0. The van der Waals surface area contributed by atoms with Gasteiger partial charge in [0.05, 0.1) is 6.61 Å². The third kappa shape index (κ3) is 4.63. The minimum atomic E-state index is -3.95. The maximum absolute atomic E-state index is 13.3. The van der Waals surface area contributed by atoms with E-state index in [1.165, 1.54) is 9.21 Å². The maximum atomic E-state index is 13.3. The highest BCUT2D eigenvalue weighted by Crippen LogP contribution is 2.30. The third-order valence-electron chi connectivity index (χ3n) is 5.90. The Morgan fingerprint density at radius 3 is 2.42 bits per heavy atom. The van der Waals surface area contributed by atoms with Crippen molar-refractivity contribution in [2.24, 2.45) is 0 Å². The van der Waals surface area contributed by atoms with Gasteiger partial charge >= 0.3 is 12.1 Å². The highest BCUT2D eigenvalue weighted by atomic mass is 35.5. The number of rotatable bonds is 5. The number of carbonyl (C=O) groups excluding carboxylic acids is 1. The molecule has 0 spiro atoms. The van der Waals surface area contributed by atoms with Crippen molar-refractivity contribution in [2.75, 3.05) is 26.2 Å². The van der Waals surface area contributed by atoms with Crippen molar-refractivity contribution in [1.82, 2.24) is 29.1 Å². The second-order valence-electron chi connectivity index (χ2n) is 8.03. The molecule has 0 aliphatic carbocycles. The van der Waals surface area contributed by atoms with Crippen LogP contribution in [0.1, 0.15) is 5.56 Å². The molecule has 3 aromatic heterocycles. The molecule has 13 heteroatoms. The van der Waals surface area contributed by atoms with Gasteiger partial charge in [-0.25, -0.2) is 23.2 Å². The molecule has 0 radical (unpaired) electrons. The van der Waals surface area contributed by atoms with Gasteiger partial charge in [0.2, 0.25) is 0 Å². The van der Waals surface area contributed by atoms with Gasteiger partial charge in [0.15, 0.2) is 5.03 Å². The van der Waals surface area contributed by atoms with Gasteiger partial charge < -0.3 is 19.7 Å². The van der Waals surface area contributed by atoms with Gasteiger partial charge in [-0.1, -0.05) is 11.6 Å². The SMILES string of the molecule is O=C(Oc1ncc(-c2ccncc2)cn1)N1CCN(S(=O)(=O)c2[nH]c3ccc(Cl)cc3c2CO)CC1. The second-order valence-corrected chi connectivity index (χ2v) is 10.3. The van der Waals surface area contributed by atoms with E-state index in [2.05, 4.69) is 19.9 Å². The number of aromatic amines is 1. The minimum absolute atomic E-state index is 0.0558. The molecule has 5 rings (SSSR count). The van der Waals surface area contributed by atoms with Gasteiger partial charge in [-0.15, -0.1) is 0 Å². The average Bonchev–Trinajstić information content (AvgIpc) is 3.28. The lowest BCUT2D eigenvalue weighted by atomic mass is 10.1. The lowest BCUT2D eigenvalue weighted by Gasteiger charge is -2.32. The zero-order valence-corrected chi connectivity index (χ0v) is 20.4. The number of ether oxygens (including phenoxy) is 1. The Morgan fingerprint density at radius 2 is 1.75 bits per heavy atom. The quantitative estimate of drug-likeness (QED) is 0.402. The Kier molecular flexibility index (Phi) is 6.58. The van der Waals surface area contributed by atoms with Crippen molar-refractivity contribution in [3.05, 3.63) is 65.7 Å². The van der Waals surface area contributed by atoms with Gasteiger partial charge in [-0.3, -0.25) is 4.98 Å². The van der Waals surface area contributed by atoms with Crippen molar-refractivity contribution in [3.63, 3.8) is 0 Å². The van der Waals surface area contributed by atoms with Crippen molar-refractivity contribution in [3.8, 4) is 17.1 Å². The highest BCUT2D eigenvalue weighted by Gasteiger charge is 2.34. The van der Waals surface area contributed by atoms with E-state index in [-0.39, 0.29) is 42.8 Å². The summed E-state index contributed by atoms with van der Waals surface area (Å²) >= 11 is 6.04. The van der Waals surface area contributed by atoms with Crippen LogP contribution in [-0.4, -0.2) is 74.9 Å². The number of aliphatic hydroxyl groups excluding tert-OH is 1. The van der Waals surface area contributed by atoms with Crippen LogP contribution in [0.3, 0.4) is 0 Å². The number of sulfonamides is 1. The van der Waals surface area contributed by atoms with E-state index >= 15 is 0 Å². The number of piperazine rings is 1. The van der Waals surface area contributed by atoms with Crippen molar-refractivity contribution in [2.45, 2.75) is 11.6 Å². The molecule has 4 heterocycles. The summed E-state index contributed by atoms with van der Waals surface area (Å²) < 4.78 is 33.2. The number of nitrogens with zero attached hydrogens (tertiary/aromatic N) is 5. The van der Waals surface area contributed by atoms with E-state index in [1.807, 2.05) is 12.1 Å².